The molecule has 0 atom stereocenters. The quantitative estimate of drug-likeness (QED) is 0.359. The van der Waals surface area contributed by atoms with Crippen molar-refractivity contribution in [3.8, 4) is 11.5 Å². The average molecular weight is 477 g/mol. The van der Waals surface area contributed by atoms with Gasteiger partial charge in [0.25, 0.3) is 0 Å². The van der Waals surface area contributed by atoms with Gasteiger partial charge in [0, 0.05) is 30.9 Å². The second-order valence-electron chi connectivity index (χ2n) is 8.81. The number of aryl methyl sites for hydroxylation is 2. The Hall–Kier alpha value is -3.54. The SMILES string of the molecule is COc1ccccc1OCCN1CCCc2ccc(CNc3ccc(CCC=O)c(F)c3)c(C)c21. The summed E-state index contributed by atoms with van der Waals surface area (Å²) < 4.78 is 25.8. The standard InChI is InChI=1S/C29H33FN2O3/c1-21-24(20-31-25-14-13-22(8-6-17-33)26(30)19-25)12-11-23-7-5-15-32(29(21)23)16-18-35-28-10-4-3-9-27(28)34-2/h3-4,9-14,17,19,31H,5-8,15-16,18,20H2,1-2H3. The van der Waals surface area contributed by atoms with Gasteiger partial charge in [-0.1, -0.05) is 30.3 Å². The number of halogens is 1. The number of nitrogens with zero attached hydrogens (tertiary/aromatic N) is 1. The predicted octanol–water partition coefficient (Wildman–Crippen LogP) is 5.72. The lowest BCUT2D eigenvalue weighted by molar-refractivity contribution is -0.107. The van der Waals surface area contributed by atoms with E-state index < -0.39 is 0 Å². The lowest BCUT2D eigenvalue weighted by Crippen LogP contribution is -2.34. The largest absolute Gasteiger partial charge is 0.493 e. The van der Waals surface area contributed by atoms with Crippen molar-refractivity contribution in [2.75, 3.05) is 37.0 Å². The Labute approximate surface area is 206 Å². The molecule has 3 aromatic carbocycles. The van der Waals surface area contributed by atoms with Gasteiger partial charge in [-0.25, -0.2) is 4.39 Å². The number of para-hydroxylation sites is 2. The molecule has 0 fully saturated rings. The zero-order valence-electron chi connectivity index (χ0n) is 20.5. The summed E-state index contributed by atoms with van der Waals surface area (Å²) in [6.07, 6.45) is 3.77. The molecule has 1 aliphatic rings. The number of benzene rings is 3. The number of ether oxygens (including phenoxy) is 2. The van der Waals surface area contributed by atoms with E-state index in [-0.39, 0.29) is 5.82 Å². The summed E-state index contributed by atoms with van der Waals surface area (Å²) in [6.45, 7) is 5.12. The maximum absolute atomic E-state index is 14.4. The van der Waals surface area contributed by atoms with Gasteiger partial charge in [0.2, 0.25) is 0 Å². The van der Waals surface area contributed by atoms with Crippen molar-refractivity contribution in [2.24, 2.45) is 0 Å². The fraction of sp³-hybridized carbons (Fsp3) is 0.345. The van der Waals surface area contributed by atoms with Crippen LogP contribution in [0.15, 0.2) is 54.6 Å². The summed E-state index contributed by atoms with van der Waals surface area (Å²) in [4.78, 5) is 13.0. The maximum Gasteiger partial charge on any atom is 0.161 e. The molecular weight excluding hydrogens is 443 g/mol. The third kappa shape index (κ3) is 5.94. The molecule has 0 aromatic heterocycles. The first-order valence-electron chi connectivity index (χ1n) is 12.2. The van der Waals surface area contributed by atoms with E-state index >= 15 is 0 Å². The van der Waals surface area contributed by atoms with Gasteiger partial charge < -0.3 is 24.5 Å². The van der Waals surface area contributed by atoms with Gasteiger partial charge in [0.15, 0.2) is 11.5 Å². The first-order valence-corrected chi connectivity index (χ1v) is 12.2. The smallest absolute Gasteiger partial charge is 0.161 e. The van der Waals surface area contributed by atoms with Crippen LogP contribution in [-0.4, -0.2) is 33.1 Å². The molecule has 1 heterocycles. The number of hydrogen-bond donors (Lipinski definition) is 1. The molecular formula is C29H33FN2O3. The molecule has 6 heteroatoms. The zero-order valence-corrected chi connectivity index (χ0v) is 20.5. The molecule has 0 bridgehead atoms. The summed E-state index contributed by atoms with van der Waals surface area (Å²) >= 11 is 0. The van der Waals surface area contributed by atoms with Crippen molar-refractivity contribution in [1.82, 2.24) is 0 Å². The van der Waals surface area contributed by atoms with Crippen molar-refractivity contribution >= 4 is 17.7 Å². The Balaban J connectivity index is 1.43. The molecule has 0 amide bonds. The monoisotopic (exact) mass is 476 g/mol. The van der Waals surface area contributed by atoms with Crippen LogP contribution in [0.4, 0.5) is 15.8 Å². The van der Waals surface area contributed by atoms with E-state index in [1.54, 1.807) is 13.2 Å². The minimum Gasteiger partial charge on any atom is -0.493 e. The molecule has 35 heavy (non-hydrogen) atoms. The molecule has 0 saturated heterocycles. The second kappa shape index (κ2) is 11.7. The van der Waals surface area contributed by atoms with Gasteiger partial charge >= 0.3 is 0 Å². The second-order valence-corrected chi connectivity index (χ2v) is 8.81. The van der Waals surface area contributed by atoms with E-state index in [2.05, 4.69) is 29.3 Å². The number of hydrogen-bond acceptors (Lipinski definition) is 5. The highest BCUT2D eigenvalue weighted by Crippen LogP contribution is 2.33. The van der Waals surface area contributed by atoms with E-state index in [4.69, 9.17) is 9.47 Å². The fourth-order valence-corrected chi connectivity index (χ4v) is 4.70. The Morgan fingerprint density at radius 2 is 1.89 bits per heavy atom. The van der Waals surface area contributed by atoms with Crippen LogP contribution in [-0.2, 0) is 24.2 Å². The highest BCUT2D eigenvalue weighted by atomic mass is 19.1. The van der Waals surface area contributed by atoms with Gasteiger partial charge in [-0.2, -0.15) is 0 Å². The van der Waals surface area contributed by atoms with Crippen LogP contribution in [0.5, 0.6) is 11.5 Å². The maximum atomic E-state index is 14.4. The van der Waals surface area contributed by atoms with Crippen LogP contribution >= 0.6 is 0 Å². The van der Waals surface area contributed by atoms with E-state index in [1.165, 1.54) is 28.4 Å². The summed E-state index contributed by atoms with van der Waals surface area (Å²) in [6, 6.07) is 17.2. The van der Waals surface area contributed by atoms with E-state index in [1.807, 2.05) is 30.3 Å². The number of fused-ring (bicyclic) bond motifs is 1. The number of rotatable bonds is 11. The summed E-state index contributed by atoms with van der Waals surface area (Å²) in [5, 5.41) is 3.36. The predicted molar refractivity (Wildman–Crippen MR) is 138 cm³/mol. The normalized spacial score (nSPS) is 12.7. The number of carbonyl (C=O) groups excluding carboxylic acids is 1. The molecule has 0 radical (unpaired) electrons. The molecule has 1 aliphatic heterocycles. The van der Waals surface area contributed by atoms with Gasteiger partial charge in [0.1, 0.15) is 18.7 Å². The minimum absolute atomic E-state index is 0.278. The third-order valence-corrected chi connectivity index (χ3v) is 6.57. The first-order chi connectivity index (χ1) is 17.1. The third-order valence-electron chi connectivity index (χ3n) is 6.57. The molecule has 0 spiro atoms. The van der Waals surface area contributed by atoms with E-state index in [0.29, 0.717) is 31.6 Å². The van der Waals surface area contributed by atoms with Gasteiger partial charge in [-0.3, -0.25) is 0 Å². The number of anilines is 2. The number of carbonyl (C=O) groups is 1. The number of methoxy groups -OCH3 is 1. The zero-order chi connectivity index (χ0) is 24.6. The van der Waals surface area contributed by atoms with Crippen molar-refractivity contribution < 1.29 is 18.7 Å². The van der Waals surface area contributed by atoms with Gasteiger partial charge in [-0.05, 0) is 72.7 Å². The van der Waals surface area contributed by atoms with Crippen LogP contribution in [0.1, 0.15) is 35.1 Å². The molecule has 0 saturated carbocycles. The minimum atomic E-state index is -0.278. The van der Waals surface area contributed by atoms with Crippen LogP contribution in [0.3, 0.4) is 0 Å². The fourth-order valence-electron chi connectivity index (χ4n) is 4.70. The van der Waals surface area contributed by atoms with Crippen molar-refractivity contribution in [3.05, 3.63) is 82.7 Å². The van der Waals surface area contributed by atoms with Crippen molar-refractivity contribution in [2.45, 2.75) is 39.2 Å². The van der Waals surface area contributed by atoms with Crippen LogP contribution in [0.2, 0.25) is 0 Å². The molecule has 0 unspecified atom stereocenters. The van der Waals surface area contributed by atoms with Crippen LogP contribution in [0, 0.1) is 12.7 Å². The Kier molecular flexibility index (Phi) is 8.24. The Morgan fingerprint density at radius 3 is 2.66 bits per heavy atom. The number of nitrogens with one attached hydrogen (secondary N) is 1. The van der Waals surface area contributed by atoms with E-state index in [0.717, 1.165) is 49.4 Å². The molecule has 184 valence electrons. The molecule has 5 nitrogen and oxygen atoms in total. The molecule has 1 N–H and O–H groups in total. The topological polar surface area (TPSA) is 50.8 Å². The first kappa shape index (κ1) is 24.6. The van der Waals surface area contributed by atoms with Crippen LogP contribution < -0.4 is 19.7 Å². The van der Waals surface area contributed by atoms with E-state index in [9.17, 15) is 9.18 Å². The summed E-state index contributed by atoms with van der Waals surface area (Å²) in [5.74, 6) is 1.22. The summed E-state index contributed by atoms with van der Waals surface area (Å²) in [5.41, 5.74) is 6.38. The molecule has 3 aromatic rings. The lowest BCUT2D eigenvalue weighted by Gasteiger charge is -2.33. The van der Waals surface area contributed by atoms with Crippen LogP contribution in [0.25, 0.3) is 0 Å². The molecule has 0 aliphatic carbocycles. The highest BCUT2D eigenvalue weighted by Gasteiger charge is 2.21. The number of aldehydes is 1. The highest BCUT2D eigenvalue weighted by molar-refractivity contribution is 5.64. The van der Waals surface area contributed by atoms with Crippen molar-refractivity contribution in [3.63, 3.8) is 0 Å². The average Bonchev–Trinajstić information content (AvgIpc) is 2.88. The van der Waals surface area contributed by atoms with Gasteiger partial charge in [-0.15, -0.1) is 0 Å². The van der Waals surface area contributed by atoms with Gasteiger partial charge in [0.05, 0.1) is 13.7 Å². The Bertz CT molecular complexity index is 1160. The molecule has 4 rings (SSSR count). The van der Waals surface area contributed by atoms with Crippen molar-refractivity contribution in [1.29, 1.82) is 0 Å². The Morgan fingerprint density at radius 1 is 1.09 bits per heavy atom. The summed E-state index contributed by atoms with van der Waals surface area (Å²) in [7, 11) is 1.65. The lowest BCUT2D eigenvalue weighted by atomic mass is 9.94.